The molecule has 2 heterocycles. The van der Waals surface area contributed by atoms with E-state index >= 15 is 0 Å². The van der Waals surface area contributed by atoms with Crippen molar-refractivity contribution in [2.45, 2.75) is 65.7 Å². The molecule has 0 spiro atoms. The maximum Gasteiger partial charge on any atom is 0.253 e. The van der Waals surface area contributed by atoms with Gasteiger partial charge in [-0.25, -0.2) is 0 Å². The Labute approximate surface area is 146 Å². The molecule has 1 fully saturated rings. The standard InChI is InChI=1S/C10H16N2.C8H11NO.C2H6/c1-7(2)10-6-9(8-4-5-8)11-12(10)3;1-3-7-5-4-6-9(2)8(7)10;1-2/h6-8H,4-5H2,1-3H3;4-6H,3H2,1-2H3;1-2H3. The summed E-state index contributed by atoms with van der Waals surface area (Å²) in [5.74, 6) is 1.37. The predicted octanol–water partition coefficient (Wildman–Crippen LogP) is 4.39. The lowest BCUT2D eigenvalue weighted by Crippen LogP contribution is -2.19. The van der Waals surface area contributed by atoms with Gasteiger partial charge < -0.3 is 4.57 Å². The third-order valence-electron chi connectivity index (χ3n) is 4.11. The maximum absolute atomic E-state index is 11.2. The first-order valence-corrected chi connectivity index (χ1v) is 9.12. The molecule has 3 rings (SSSR count). The van der Waals surface area contributed by atoms with Crippen LogP contribution in [0.1, 0.15) is 76.2 Å². The molecule has 2 aromatic heterocycles. The van der Waals surface area contributed by atoms with Crippen LogP contribution in [0.2, 0.25) is 0 Å². The number of hydrogen-bond donors (Lipinski definition) is 0. The van der Waals surface area contributed by atoms with Gasteiger partial charge >= 0.3 is 0 Å². The van der Waals surface area contributed by atoms with Gasteiger partial charge in [0.1, 0.15) is 0 Å². The summed E-state index contributed by atoms with van der Waals surface area (Å²) in [6.45, 7) is 10.4. The number of hydrogen-bond acceptors (Lipinski definition) is 2. The summed E-state index contributed by atoms with van der Waals surface area (Å²) in [5.41, 5.74) is 3.66. The van der Waals surface area contributed by atoms with Crippen LogP contribution in [0.3, 0.4) is 0 Å². The van der Waals surface area contributed by atoms with Gasteiger partial charge in [-0.1, -0.05) is 40.7 Å². The first-order chi connectivity index (χ1) is 11.4. The summed E-state index contributed by atoms with van der Waals surface area (Å²) < 4.78 is 3.62. The van der Waals surface area contributed by atoms with Crippen molar-refractivity contribution in [3.05, 3.63) is 51.7 Å². The summed E-state index contributed by atoms with van der Waals surface area (Å²) in [4.78, 5) is 11.2. The summed E-state index contributed by atoms with van der Waals surface area (Å²) >= 11 is 0. The molecule has 0 saturated heterocycles. The Hall–Kier alpha value is -1.84. The largest absolute Gasteiger partial charge is 0.318 e. The van der Waals surface area contributed by atoms with Gasteiger partial charge in [0.05, 0.1) is 5.69 Å². The zero-order chi connectivity index (χ0) is 18.3. The highest BCUT2D eigenvalue weighted by molar-refractivity contribution is 5.20. The highest BCUT2D eigenvalue weighted by atomic mass is 16.1. The fourth-order valence-electron chi connectivity index (χ4n) is 2.55. The molecule has 4 heteroatoms. The molecule has 0 aliphatic heterocycles. The van der Waals surface area contributed by atoms with Crippen LogP contribution in [0, 0.1) is 0 Å². The van der Waals surface area contributed by atoms with Crippen LogP contribution in [-0.2, 0) is 20.5 Å². The topological polar surface area (TPSA) is 39.8 Å². The molecular formula is C20H33N3O. The third-order valence-corrected chi connectivity index (χ3v) is 4.11. The van der Waals surface area contributed by atoms with Gasteiger partial charge in [-0.3, -0.25) is 9.48 Å². The average molecular weight is 332 g/mol. The van der Waals surface area contributed by atoms with E-state index in [1.807, 2.05) is 44.6 Å². The molecule has 134 valence electrons. The summed E-state index contributed by atoms with van der Waals surface area (Å²) in [7, 11) is 3.81. The number of pyridine rings is 1. The van der Waals surface area contributed by atoms with E-state index in [-0.39, 0.29) is 5.56 Å². The number of rotatable bonds is 3. The molecular weight excluding hydrogens is 298 g/mol. The number of nitrogens with zero attached hydrogens (tertiary/aromatic N) is 3. The SMILES string of the molecule is CC.CC(C)c1cc(C2CC2)nn1C.CCc1cccn(C)c1=O. The van der Waals surface area contributed by atoms with E-state index < -0.39 is 0 Å². The Morgan fingerprint density at radius 3 is 2.29 bits per heavy atom. The summed E-state index contributed by atoms with van der Waals surface area (Å²) in [6.07, 6.45) is 5.26. The van der Waals surface area contributed by atoms with E-state index in [0.717, 1.165) is 17.9 Å². The van der Waals surface area contributed by atoms with Crippen LogP contribution in [0.25, 0.3) is 0 Å². The zero-order valence-electron chi connectivity index (χ0n) is 16.3. The highest BCUT2D eigenvalue weighted by Gasteiger charge is 2.27. The van der Waals surface area contributed by atoms with Crippen LogP contribution >= 0.6 is 0 Å². The molecule has 0 atom stereocenters. The van der Waals surface area contributed by atoms with Crippen molar-refractivity contribution >= 4 is 0 Å². The molecule has 2 aromatic rings. The lowest BCUT2D eigenvalue weighted by Gasteiger charge is -2.02. The lowest BCUT2D eigenvalue weighted by molar-refractivity contribution is 0.661. The quantitative estimate of drug-likeness (QED) is 0.836. The minimum Gasteiger partial charge on any atom is -0.318 e. The van der Waals surface area contributed by atoms with Crippen molar-refractivity contribution in [3.8, 4) is 0 Å². The molecule has 1 saturated carbocycles. The van der Waals surface area contributed by atoms with Crippen LogP contribution in [0.4, 0.5) is 0 Å². The monoisotopic (exact) mass is 331 g/mol. The van der Waals surface area contributed by atoms with Gasteiger partial charge in [-0.15, -0.1) is 0 Å². The number of aromatic nitrogens is 3. The number of aryl methyl sites for hydroxylation is 3. The van der Waals surface area contributed by atoms with Gasteiger partial charge in [0.15, 0.2) is 0 Å². The van der Waals surface area contributed by atoms with E-state index in [0.29, 0.717) is 5.92 Å². The maximum atomic E-state index is 11.2. The molecule has 24 heavy (non-hydrogen) atoms. The third kappa shape index (κ3) is 5.36. The van der Waals surface area contributed by atoms with Gasteiger partial charge in [0.25, 0.3) is 5.56 Å². The van der Waals surface area contributed by atoms with Crippen LogP contribution in [0.15, 0.2) is 29.2 Å². The average Bonchev–Trinajstić information content (AvgIpc) is 3.35. The van der Waals surface area contributed by atoms with Crippen molar-refractivity contribution in [1.82, 2.24) is 14.3 Å². The normalized spacial score (nSPS) is 13.0. The van der Waals surface area contributed by atoms with Crippen molar-refractivity contribution in [1.29, 1.82) is 0 Å². The molecule has 0 unspecified atom stereocenters. The molecule has 0 bridgehead atoms. The van der Waals surface area contributed by atoms with Gasteiger partial charge in [-0.05, 0) is 37.3 Å². The molecule has 1 aliphatic carbocycles. The Bertz CT molecular complexity index is 678. The molecule has 0 radical (unpaired) electrons. The summed E-state index contributed by atoms with van der Waals surface area (Å²) in [5, 5.41) is 4.51. The smallest absolute Gasteiger partial charge is 0.253 e. The Kier molecular flexibility index (Phi) is 7.96. The molecule has 0 amide bonds. The summed E-state index contributed by atoms with van der Waals surface area (Å²) in [6, 6.07) is 6.02. The first-order valence-electron chi connectivity index (χ1n) is 9.12. The molecule has 0 N–H and O–H groups in total. The van der Waals surface area contributed by atoms with Crippen molar-refractivity contribution < 1.29 is 0 Å². The van der Waals surface area contributed by atoms with Crippen molar-refractivity contribution in [2.24, 2.45) is 14.1 Å². The Morgan fingerprint density at radius 2 is 1.88 bits per heavy atom. The minimum absolute atomic E-state index is 0.116. The fraction of sp³-hybridized carbons (Fsp3) is 0.600. The molecule has 4 nitrogen and oxygen atoms in total. The van der Waals surface area contributed by atoms with E-state index in [1.165, 1.54) is 24.2 Å². The first kappa shape index (κ1) is 20.2. The van der Waals surface area contributed by atoms with Gasteiger partial charge in [0.2, 0.25) is 0 Å². The molecule has 0 aromatic carbocycles. The second-order valence-electron chi connectivity index (χ2n) is 6.35. The molecule has 1 aliphatic rings. The van der Waals surface area contributed by atoms with Crippen LogP contribution in [0.5, 0.6) is 0 Å². The Balaban J connectivity index is 0.000000221. The van der Waals surface area contributed by atoms with E-state index in [1.54, 1.807) is 17.8 Å². The van der Waals surface area contributed by atoms with E-state index in [2.05, 4.69) is 25.0 Å². The van der Waals surface area contributed by atoms with Crippen molar-refractivity contribution in [2.75, 3.05) is 0 Å². The Morgan fingerprint density at radius 1 is 1.25 bits per heavy atom. The van der Waals surface area contributed by atoms with Crippen LogP contribution in [-0.4, -0.2) is 14.3 Å². The zero-order valence-corrected chi connectivity index (χ0v) is 16.3. The second kappa shape index (κ2) is 9.45. The minimum atomic E-state index is 0.116. The van der Waals surface area contributed by atoms with Crippen molar-refractivity contribution in [3.63, 3.8) is 0 Å². The van der Waals surface area contributed by atoms with Gasteiger partial charge in [0, 0.05) is 37.5 Å². The van der Waals surface area contributed by atoms with Gasteiger partial charge in [-0.2, -0.15) is 5.10 Å². The lowest BCUT2D eigenvalue weighted by atomic mass is 10.1. The predicted molar refractivity (Wildman–Crippen MR) is 102 cm³/mol. The highest BCUT2D eigenvalue weighted by Crippen LogP contribution is 2.39. The van der Waals surface area contributed by atoms with E-state index in [4.69, 9.17) is 0 Å². The second-order valence-corrected chi connectivity index (χ2v) is 6.35. The fourth-order valence-corrected chi connectivity index (χ4v) is 2.55. The van der Waals surface area contributed by atoms with E-state index in [9.17, 15) is 4.79 Å². The van der Waals surface area contributed by atoms with Crippen LogP contribution < -0.4 is 5.56 Å².